The van der Waals surface area contributed by atoms with Gasteiger partial charge in [0.05, 0.1) is 18.0 Å². The molecule has 4 heteroatoms. The molecule has 4 atom stereocenters. The van der Waals surface area contributed by atoms with Gasteiger partial charge in [-0.05, 0) is 55.4 Å². The van der Waals surface area contributed by atoms with Crippen LogP contribution in [0.5, 0.6) is 0 Å². The molecule has 2 aliphatic carbocycles. The first-order valence-electron chi connectivity index (χ1n) is 11.1. The van der Waals surface area contributed by atoms with Crippen LogP contribution < -0.4 is 5.32 Å². The summed E-state index contributed by atoms with van der Waals surface area (Å²) < 4.78 is 0. The summed E-state index contributed by atoms with van der Waals surface area (Å²) >= 11 is 0. The van der Waals surface area contributed by atoms with Crippen molar-refractivity contribution >= 4 is 11.6 Å². The van der Waals surface area contributed by atoms with Crippen molar-refractivity contribution in [1.82, 2.24) is 4.90 Å². The van der Waals surface area contributed by atoms with Gasteiger partial charge in [0.15, 0.2) is 0 Å². The molecule has 0 bridgehead atoms. The van der Waals surface area contributed by atoms with Crippen molar-refractivity contribution in [2.75, 3.05) is 11.9 Å². The van der Waals surface area contributed by atoms with Gasteiger partial charge < -0.3 is 15.3 Å². The van der Waals surface area contributed by atoms with Crippen LogP contribution in [0, 0.1) is 0 Å². The monoisotopic (exact) mass is 390 g/mol. The maximum absolute atomic E-state index is 13.6. The number of amides is 1. The van der Waals surface area contributed by atoms with E-state index in [4.69, 9.17) is 0 Å². The Balaban J connectivity index is 1.40. The van der Waals surface area contributed by atoms with E-state index in [0.717, 1.165) is 57.2 Å². The fraction of sp³-hybridized carbons (Fsp3) is 0.480. The molecule has 2 aromatic carbocycles. The quantitative estimate of drug-likeness (QED) is 0.830. The van der Waals surface area contributed by atoms with E-state index in [2.05, 4.69) is 23.5 Å². The van der Waals surface area contributed by atoms with Gasteiger partial charge in [0.25, 0.3) is 0 Å². The summed E-state index contributed by atoms with van der Waals surface area (Å²) in [6, 6.07) is 18.4. The molecule has 29 heavy (non-hydrogen) atoms. The number of piperidine rings is 1. The number of nitrogens with one attached hydrogen (secondary N) is 1. The summed E-state index contributed by atoms with van der Waals surface area (Å²) in [5, 5.41) is 15.4. The van der Waals surface area contributed by atoms with Gasteiger partial charge in [0.2, 0.25) is 5.91 Å². The summed E-state index contributed by atoms with van der Waals surface area (Å²) in [5.41, 5.74) is 2.69. The number of rotatable bonds is 3. The van der Waals surface area contributed by atoms with E-state index in [0.29, 0.717) is 0 Å². The van der Waals surface area contributed by atoms with Gasteiger partial charge in [0, 0.05) is 12.2 Å². The highest BCUT2D eigenvalue weighted by molar-refractivity contribution is 5.85. The third-order valence-electron chi connectivity index (χ3n) is 7.35. The second-order valence-electron chi connectivity index (χ2n) is 8.93. The highest BCUT2D eigenvalue weighted by Crippen LogP contribution is 2.43. The summed E-state index contributed by atoms with van der Waals surface area (Å²) in [4.78, 5) is 15.7. The second-order valence-corrected chi connectivity index (χ2v) is 8.93. The van der Waals surface area contributed by atoms with Crippen molar-refractivity contribution in [2.45, 2.75) is 68.5 Å². The lowest BCUT2D eigenvalue weighted by Gasteiger charge is -2.54. The predicted octanol–water partition coefficient (Wildman–Crippen LogP) is 4.10. The van der Waals surface area contributed by atoms with Gasteiger partial charge in [-0.3, -0.25) is 4.79 Å². The third kappa shape index (κ3) is 3.24. The molecule has 1 saturated carbocycles. The van der Waals surface area contributed by atoms with Gasteiger partial charge in [-0.2, -0.15) is 0 Å². The van der Waals surface area contributed by atoms with E-state index >= 15 is 0 Å². The Bertz CT molecular complexity index is 883. The second kappa shape index (κ2) is 7.49. The molecule has 4 unspecified atom stereocenters. The molecule has 5 rings (SSSR count). The summed E-state index contributed by atoms with van der Waals surface area (Å²) in [7, 11) is 0. The van der Waals surface area contributed by atoms with Gasteiger partial charge in [-0.25, -0.2) is 0 Å². The lowest BCUT2D eigenvalue weighted by molar-refractivity contribution is -0.155. The highest BCUT2D eigenvalue weighted by atomic mass is 16.3. The van der Waals surface area contributed by atoms with Crippen LogP contribution in [0.3, 0.4) is 0 Å². The minimum Gasteiger partial charge on any atom is -0.386 e. The molecule has 4 nitrogen and oxygen atoms in total. The van der Waals surface area contributed by atoms with E-state index in [1.807, 2.05) is 41.3 Å². The van der Waals surface area contributed by atoms with E-state index in [-0.39, 0.29) is 23.9 Å². The molecule has 1 heterocycles. The Hall–Kier alpha value is -2.33. The van der Waals surface area contributed by atoms with E-state index in [9.17, 15) is 9.90 Å². The summed E-state index contributed by atoms with van der Waals surface area (Å²) in [6.45, 7) is 0.717. The number of aryl methyl sites for hydroxylation is 1. The average molecular weight is 391 g/mol. The zero-order valence-corrected chi connectivity index (χ0v) is 16.9. The van der Waals surface area contributed by atoms with Crippen molar-refractivity contribution < 1.29 is 9.90 Å². The molecule has 3 aliphatic rings. The number of hydrogen-bond donors (Lipinski definition) is 2. The molecule has 0 aromatic heterocycles. The number of fused-ring (bicyclic) bond motifs is 2. The first-order chi connectivity index (χ1) is 14.2. The number of likely N-dealkylation sites (tertiary alicyclic amines) is 1. The van der Waals surface area contributed by atoms with Gasteiger partial charge >= 0.3 is 0 Å². The number of anilines is 1. The van der Waals surface area contributed by atoms with Crippen molar-refractivity contribution in [3.63, 3.8) is 0 Å². The van der Waals surface area contributed by atoms with Gasteiger partial charge in [-0.15, -0.1) is 0 Å². The van der Waals surface area contributed by atoms with E-state index in [1.165, 1.54) is 11.1 Å². The molecule has 2 N–H and O–H groups in total. The Morgan fingerprint density at radius 2 is 1.79 bits per heavy atom. The summed E-state index contributed by atoms with van der Waals surface area (Å²) in [6.07, 6.45) is 6.40. The molecule has 1 amide bonds. The molecule has 2 aromatic rings. The van der Waals surface area contributed by atoms with Crippen LogP contribution in [0.4, 0.5) is 5.69 Å². The smallest absolute Gasteiger partial charge is 0.230 e. The van der Waals surface area contributed by atoms with Crippen LogP contribution in [0.25, 0.3) is 0 Å². The Kier molecular flexibility index (Phi) is 4.83. The molecule has 1 aliphatic heterocycles. The number of carbonyl (C=O) groups excluding carboxylic acids is 1. The summed E-state index contributed by atoms with van der Waals surface area (Å²) in [5.74, 6) is 0.175. The SMILES string of the molecule is O=C(C1CCc2ccccc21)N1CCC(Nc2ccccc2)C2(O)CCCCC12. The fourth-order valence-corrected chi connectivity index (χ4v) is 5.88. The fourth-order valence-electron chi connectivity index (χ4n) is 5.88. The Morgan fingerprint density at radius 1 is 1.00 bits per heavy atom. The van der Waals surface area contributed by atoms with E-state index < -0.39 is 5.60 Å². The highest BCUT2D eigenvalue weighted by Gasteiger charge is 2.53. The van der Waals surface area contributed by atoms with Crippen molar-refractivity contribution in [3.05, 3.63) is 65.7 Å². The average Bonchev–Trinajstić information content (AvgIpc) is 3.19. The van der Waals surface area contributed by atoms with E-state index in [1.54, 1.807) is 0 Å². The van der Waals surface area contributed by atoms with Crippen molar-refractivity contribution in [2.24, 2.45) is 0 Å². The third-order valence-corrected chi connectivity index (χ3v) is 7.35. The van der Waals surface area contributed by atoms with Crippen molar-refractivity contribution in [3.8, 4) is 0 Å². The largest absolute Gasteiger partial charge is 0.386 e. The van der Waals surface area contributed by atoms with Crippen LogP contribution in [-0.4, -0.2) is 40.1 Å². The normalized spacial score (nSPS) is 31.1. The number of nitrogens with zero attached hydrogens (tertiary/aromatic N) is 1. The number of carbonyl (C=O) groups is 1. The zero-order chi connectivity index (χ0) is 19.8. The molecule has 2 fully saturated rings. The molecular weight excluding hydrogens is 360 g/mol. The van der Waals surface area contributed by atoms with Crippen LogP contribution in [-0.2, 0) is 11.2 Å². The number of para-hydroxylation sites is 1. The number of benzene rings is 2. The number of aliphatic hydroxyl groups is 1. The Morgan fingerprint density at radius 3 is 2.66 bits per heavy atom. The van der Waals surface area contributed by atoms with Crippen LogP contribution in [0.15, 0.2) is 54.6 Å². The lowest BCUT2D eigenvalue weighted by atomic mass is 9.70. The van der Waals surface area contributed by atoms with Crippen molar-refractivity contribution in [1.29, 1.82) is 0 Å². The topological polar surface area (TPSA) is 52.6 Å². The van der Waals surface area contributed by atoms with Crippen LogP contribution >= 0.6 is 0 Å². The Labute approximate surface area is 172 Å². The minimum absolute atomic E-state index is 0.0184. The lowest BCUT2D eigenvalue weighted by Crippen LogP contribution is -2.68. The standard InChI is InChI=1S/C25H30N2O2/c28-24(21-14-13-18-8-4-5-11-20(18)21)27-17-15-22(26-19-9-2-1-3-10-19)25(29)16-7-6-12-23(25)27/h1-5,8-11,21-23,26,29H,6-7,12-17H2. The molecule has 1 saturated heterocycles. The minimum atomic E-state index is -0.861. The maximum atomic E-state index is 13.6. The first-order valence-corrected chi connectivity index (χ1v) is 11.1. The zero-order valence-electron chi connectivity index (χ0n) is 16.9. The molecule has 0 spiro atoms. The molecule has 0 radical (unpaired) electrons. The predicted molar refractivity (Wildman–Crippen MR) is 115 cm³/mol. The van der Waals surface area contributed by atoms with Crippen LogP contribution in [0.1, 0.15) is 55.6 Å². The number of hydrogen-bond acceptors (Lipinski definition) is 3. The first kappa shape index (κ1) is 18.7. The maximum Gasteiger partial charge on any atom is 0.230 e. The molecular formula is C25H30N2O2. The van der Waals surface area contributed by atoms with Crippen LogP contribution in [0.2, 0.25) is 0 Å². The van der Waals surface area contributed by atoms with Gasteiger partial charge in [-0.1, -0.05) is 55.3 Å². The molecule has 152 valence electrons. The van der Waals surface area contributed by atoms with Gasteiger partial charge in [0.1, 0.15) is 5.60 Å².